The molecule has 0 radical (unpaired) electrons. The Morgan fingerprint density at radius 2 is 1.41 bits per heavy atom. The first-order chi connectivity index (χ1) is 10.2. The first-order valence-electron chi connectivity index (χ1n) is 8.11. The van der Waals surface area contributed by atoms with Gasteiger partial charge >= 0.3 is 0 Å². The highest BCUT2D eigenvalue weighted by molar-refractivity contribution is 5.74. The quantitative estimate of drug-likeness (QED) is 0.766. The first-order valence-corrected chi connectivity index (χ1v) is 8.11. The van der Waals surface area contributed by atoms with E-state index in [4.69, 9.17) is 0 Å². The van der Waals surface area contributed by atoms with E-state index in [0.717, 1.165) is 6.42 Å². The molecular weight excluding hydrogens is 268 g/mol. The van der Waals surface area contributed by atoms with Gasteiger partial charge in [-0.3, -0.25) is 5.01 Å². The van der Waals surface area contributed by atoms with Crippen molar-refractivity contribution in [2.75, 3.05) is 14.1 Å². The summed E-state index contributed by atoms with van der Waals surface area (Å²) in [5.41, 5.74) is 10.8. The molecule has 2 nitrogen and oxygen atoms in total. The summed E-state index contributed by atoms with van der Waals surface area (Å²) < 4.78 is 0. The molecule has 1 aliphatic heterocycles. The van der Waals surface area contributed by atoms with Gasteiger partial charge in [-0.15, -0.1) is 0 Å². The van der Waals surface area contributed by atoms with Gasteiger partial charge in [-0.25, -0.2) is 5.01 Å². The van der Waals surface area contributed by atoms with Crippen LogP contribution in [0.4, 0.5) is 0 Å². The lowest BCUT2D eigenvalue weighted by molar-refractivity contribution is 0.126. The van der Waals surface area contributed by atoms with Crippen LogP contribution in [0.25, 0.3) is 5.70 Å². The maximum Gasteiger partial charge on any atom is 0.0616 e. The normalized spacial score (nSPS) is 19.0. The smallest absolute Gasteiger partial charge is 0.0616 e. The zero-order valence-corrected chi connectivity index (χ0v) is 15.5. The summed E-state index contributed by atoms with van der Waals surface area (Å²) in [5.74, 6) is 0.527. The van der Waals surface area contributed by atoms with Gasteiger partial charge in [0, 0.05) is 25.4 Å². The van der Waals surface area contributed by atoms with E-state index in [-0.39, 0.29) is 0 Å². The van der Waals surface area contributed by atoms with Gasteiger partial charge in [0.15, 0.2) is 0 Å². The molecule has 1 heterocycles. The summed E-state index contributed by atoms with van der Waals surface area (Å²) in [6, 6.07) is 0. The fourth-order valence-electron chi connectivity index (χ4n) is 3.60. The van der Waals surface area contributed by atoms with E-state index in [9.17, 15) is 0 Å². The van der Waals surface area contributed by atoms with Gasteiger partial charge in [0.1, 0.15) is 0 Å². The molecule has 1 aromatic rings. The van der Waals surface area contributed by atoms with Crippen LogP contribution < -0.4 is 0 Å². The predicted molar refractivity (Wildman–Crippen MR) is 96.6 cm³/mol. The Morgan fingerprint density at radius 1 is 0.955 bits per heavy atom. The van der Waals surface area contributed by atoms with Crippen molar-refractivity contribution in [1.29, 1.82) is 0 Å². The Labute approximate surface area is 136 Å². The SMILES string of the molecule is C=C1CC(C)C=C(c2c(C)c(C)c(C)c(C)c2C)N1N(C)C. The van der Waals surface area contributed by atoms with Gasteiger partial charge in [-0.05, 0) is 74.8 Å². The van der Waals surface area contributed by atoms with Crippen molar-refractivity contribution in [2.24, 2.45) is 5.92 Å². The van der Waals surface area contributed by atoms with Crippen LogP contribution in [0.2, 0.25) is 0 Å². The molecule has 1 unspecified atom stereocenters. The highest BCUT2D eigenvalue weighted by Crippen LogP contribution is 2.39. The number of hydrazine groups is 1. The molecule has 0 saturated heterocycles. The maximum absolute atomic E-state index is 4.31. The summed E-state index contributed by atoms with van der Waals surface area (Å²) in [6.07, 6.45) is 3.42. The van der Waals surface area contributed by atoms with E-state index >= 15 is 0 Å². The van der Waals surface area contributed by atoms with Gasteiger partial charge < -0.3 is 0 Å². The van der Waals surface area contributed by atoms with Crippen LogP contribution in [0.15, 0.2) is 18.4 Å². The highest BCUT2D eigenvalue weighted by atomic mass is 15.6. The average molecular weight is 298 g/mol. The van der Waals surface area contributed by atoms with Crippen molar-refractivity contribution in [3.05, 3.63) is 51.7 Å². The predicted octanol–water partition coefficient (Wildman–Crippen LogP) is 4.90. The molecule has 120 valence electrons. The minimum atomic E-state index is 0.527. The molecule has 0 fully saturated rings. The molecular formula is C20H30N2. The van der Waals surface area contributed by atoms with E-state index < -0.39 is 0 Å². The lowest BCUT2D eigenvalue weighted by Gasteiger charge is -2.40. The van der Waals surface area contributed by atoms with Crippen molar-refractivity contribution in [1.82, 2.24) is 10.0 Å². The number of nitrogens with zero attached hydrogens (tertiary/aromatic N) is 2. The van der Waals surface area contributed by atoms with Gasteiger partial charge in [0.2, 0.25) is 0 Å². The summed E-state index contributed by atoms with van der Waals surface area (Å²) in [4.78, 5) is 0. The Hall–Kier alpha value is -1.54. The van der Waals surface area contributed by atoms with E-state index in [1.165, 1.54) is 44.8 Å². The van der Waals surface area contributed by atoms with Crippen LogP contribution in [-0.2, 0) is 0 Å². The van der Waals surface area contributed by atoms with Gasteiger partial charge in [-0.2, -0.15) is 0 Å². The molecule has 2 rings (SSSR count). The molecule has 1 aromatic carbocycles. The summed E-state index contributed by atoms with van der Waals surface area (Å²) in [6.45, 7) is 17.8. The zero-order valence-electron chi connectivity index (χ0n) is 15.5. The number of hydrogen-bond donors (Lipinski definition) is 0. The number of benzene rings is 1. The third kappa shape index (κ3) is 2.61. The second-order valence-electron chi connectivity index (χ2n) is 6.96. The van der Waals surface area contributed by atoms with E-state index in [1.807, 2.05) is 0 Å². The van der Waals surface area contributed by atoms with Crippen molar-refractivity contribution < 1.29 is 0 Å². The maximum atomic E-state index is 4.31. The van der Waals surface area contributed by atoms with E-state index in [2.05, 4.69) is 78.3 Å². The topological polar surface area (TPSA) is 6.48 Å². The Morgan fingerprint density at radius 3 is 1.86 bits per heavy atom. The number of hydrogen-bond acceptors (Lipinski definition) is 2. The van der Waals surface area contributed by atoms with Crippen LogP contribution >= 0.6 is 0 Å². The minimum Gasteiger partial charge on any atom is -0.279 e. The third-order valence-corrected chi connectivity index (χ3v) is 5.18. The standard InChI is InChI=1S/C20H30N2/c1-12-10-13(2)22(21(8)9)19(11-12)20-17(6)15(4)14(3)16(5)18(20)7/h11-12H,2,10H2,1,3-9H3. The van der Waals surface area contributed by atoms with Gasteiger partial charge in [0.05, 0.1) is 5.70 Å². The molecule has 0 spiro atoms. The summed E-state index contributed by atoms with van der Waals surface area (Å²) >= 11 is 0. The Kier molecular flexibility index (Phi) is 4.53. The molecule has 0 aromatic heterocycles. The van der Waals surface area contributed by atoms with Crippen molar-refractivity contribution in [2.45, 2.75) is 48.0 Å². The minimum absolute atomic E-state index is 0.527. The molecule has 0 saturated carbocycles. The largest absolute Gasteiger partial charge is 0.279 e. The summed E-state index contributed by atoms with van der Waals surface area (Å²) in [5, 5.41) is 4.41. The summed E-state index contributed by atoms with van der Waals surface area (Å²) in [7, 11) is 4.18. The first kappa shape index (κ1) is 16.8. The Bertz CT molecular complexity index is 621. The fourth-order valence-corrected chi connectivity index (χ4v) is 3.60. The second kappa shape index (κ2) is 5.92. The Balaban J connectivity index is 2.76. The van der Waals surface area contributed by atoms with Crippen LogP contribution in [0, 0.1) is 40.5 Å². The zero-order chi connectivity index (χ0) is 16.8. The monoisotopic (exact) mass is 298 g/mol. The van der Waals surface area contributed by atoms with Crippen LogP contribution in [0.5, 0.6) is 0 Å². The highest BCUT2D eigenvalue weighted by Gasteiger charge is 2.27. The molecule has 1 atom stereocenters. The van der Waals surface area contributed by atoms with Crippen molar-refractivity contribution in [3.63, 3.8) is 0 Å². The van der Waals surface area contributed by atoms with E-state index in [0.29, 0.717) is 5.92 Å². The molecule has 0 amide bonds. The lowest BCUT2D eigenvalue weighted by atomic mass is 9.85. The molecule has 0 bridgehead atoms. The second-order valence-corrected chi connectivity index (χ2v) is 6.96. The van der Waals surface area contributed by atoms with Crippen LogP contribution in [0.3, 0.4) is 0 Å². The van der Waals surface area contributed by atoms with Gasteiger partial charge in [-0.1, -0.05) is 19.6 Å². The number of allylic oxidation sites excluding steroid dienone is 2. The lowest BCUT2D eigenvalue weighted by Crippen LogP contribution is -2.37. The van der Waals surface area contributed by atoms with Crippen molar-refractivity contribution in [3.8, 4) is 0 Å². The molecule has 2 heteroatoms. The number of rotatable bonds is 2. The molecule has 0 aliphatic carbocycles. The molecule has 0 N–H and O–H groups in total. The van der Waals surface area contributed by atoms with E-state index in [1.54, 1.807) is 0 Å². The van der Waals surface area contributed by atoms with Crippen LogP contribution in [-0.4, -0.2) is 24.1 Å². The van der Waals surface area contributed by atoms with Gasteiger partial charge in [0.25, 0.3) is 0 Å². The molecule has 22 heavy (non-hydrogen) atoms. The average Bonchev–Trinajstić information content (AvgIpc) is 2.42. The third-order valence-electron chi connectivity index (χ3n) is 5.18. The van der Waals surface area contributed by atoms with Crippen molar-refractivity contribution >= 4 is 5.70 Å². The fraction of sp³-hybridized carbons (Fsp3) is 0.500. The molecule has 1 aliphatic rings. The van der Waals surface area contributed by atoms with Crippen LogP contribution in [0.1, 0.15) is 46.7 Å².